The predicted octanol–water partition coefficient (Wildman–Crippen LogP) is 2.89. The van der Waals surface area contributed by atoms with Crippen molar-refractivity contribution in [3.8, 4) is 0 Å². The summed E-state index contributed by atoms with van der Waals surface area (Å²) in [6, 6.07) is 0. The Labute approximate surface area is 82.5 Å². The van der Waals surface area contributed by atoms with Crippen LogP contribution in [0.15, 0.2) is 10.1 Å². The van der Waals surface area contributed by atoms with Crippen LogP contribution in [-0.2, 0) is 9.53 Å². The van der Waals surface area contributed by atoms with E-state index in [1.54, 1.807) is 6.92 Å². The molecule has 70 valence electrons. The van der Waals surface area contributed by atoms with E-state index >= 15 is 0 Å². The third-order valence-electron chi connectivity index (χ3n) is 1.28. The predicted molar refractivity (Wildman–Crippen MR) is 50.2 cm³/mol. The maximum Gasteiger partial charge on any atom is 0.336 e. The summed E-state index contributed by atoms with van der Waals surface area (Å²) in [6.45, 7) is 5.72. The van der Waals surface area contributed by atoms with Crippen molar-refractivity contribution in [1.82, 2.24) is 0 Å². The molecular weight excluding hydrogens is 199 g/mol. The number of hydrogen-bond donors (Lipinski definition) is 0. The lowest BCUT2D eigenvalue weighted by molar-refractivity contribution is -0.139. The largest absolute Gasteiger partial charge is 0.463 e. The van der Waals surface area contributed by atoms with Gasteiger partial charge in [-0.1, -0.05) is 37.0 Å². The fraction of sp³-hybridized carbons (Fsp3) is 0.625. The molecule has 0 radical (unpaired) electrons. The Bertz CT molecular complexity index is 193. The summed E-state index contributed by atoms with van der Waals surface area (Å²) < 4.78 is 4.75. The molecule has 0 spiro atoms. The molecule has 0 aromatic carbocycles. The van der Waals surface area contributed by atoms with Gasteiger partial charge in [0.15, 0.2) is 0 Å². The Morgan fingerprint density at radius 1 is 1.42 bits per heavy atom. The fourth-order valence-electron chi connectivity index (χ4n) is 0.740. The van der Waals surface area contributed by atoms with Crippen molar-refractivity contribution in [2.45, 2.75) is 20.8 Å². The van der Waals surface area contributed by atoms with Crippen LogP contribution in [0.4, 0.5) is 0 Å². The minimum atomic E-state index is -0.437. The van der Waals surface area contributed by atoms with Gasteiger partial charge in [-0.05, 0) is 12.8 Å². The molecule has 0 fully saturated rings. The Morgan fingerprint density at radius 3 is 2.17 bits per heavy atom. The highest BCUT2D eigenvalue weighted by atomic mass is 35.5. The number of esters is 1. The van der Waals surface area contributed by atoms with Gasteiger partial charge in [0.2, 0.25) is 0 Å². The van der Waals surface area contributed by atoms with Crippen LogP contribution in [0.1, 0.15) is 20.8 Å². The second-order valence-corrected chi connectivity index (χ2v) is 3.50. The van der Waals surface area contributed by atoms with Crippen molar-refractivity contribution in [1.29, 1.82) is 0 Å². The van der Waals surface area contributed by atoms with Crippen molar-refractivity contribution >= 4 is 29.2 Å². The maximum absolute atomic E-state index is 11.2. The van der Waals surface area contributed by atoms with Gasteiger partial charge in [-0.3, -0.25) is 0 Å². The highest BCUT2D eigenvalue weighted by molar-refractivity contribution is 6.57. The molecule has 0 amide bonds. The third-order valence-corrected chi connectivity index (χ3v) is 1.68. The summed E-state index contributed by atoms with van der Waals surface area (Å²) in [7, 11) is 0. The zero-order chi connectivity index (χ0) is 9.72. The van der Waals surface area contributed by atoms with Gasteiger partial charge in [0.05, 0.1) is 12.2 Å². The van der Waals surface area contributed by atoms with Gasteiger partial charge in [-0.15, -0.1) is 0 Å². The van der Waals surface area contributed by atoms with E-state index in [1.165, 1.54) is 0 Å². The van der Waals surface area contributed by atoms with Gasteiger partial charge < -0.3 is 4.74 Å². The zero-order valence-corrected chi connectivity index (χ0v) is 8.87. The summed E-state index contributed by atoms with van der Waals surface area (Å²) >= 11 is 11.0. The molecule has 0 saturated heterocycles. The van der Waals surface area contributed by atoms with Gasteiger partial charge in [0.1, 0.15) is 4.49 Å². The summed E-state index contributed by atoms with van der Waals surface area (Å²) in [4.78, 5) is 11.2. The third kappa shape index (κ3) is 3.46. The highest BCUT2D eigenvalue weighted by Gasteiger charge is 2.17. The van der Waals surface area contributed by atoms with Crippen molar-refractivity contribution in [3.05, 3.63) is 10.1 Å². The van der Waals surface area contributed by atoms with Crippen LogP contribution in [-0.4, -0.2) is 12.6 Å². The average molecular weight is 211 g/mol. The van der Waals surface area contributed by atoms with Crippen LogP contribution < -0.4 is 0 Å². The smallest absolute Gasteiger partial charge is 0.336 e. The van der Waals surface area contributed by atoms with Crippen molar-refractivity contribution in [2.75, 3.05) is 6.61 Å². The van der Waals surface area contributed by atoms with Crippen LogP contribution >= 0.6 is 23.2 Å². The quantitative estimate of drug-likeness (QED) is 0.529. The van der Waals surface area contributed by atoms with E-state index in [9.17, 15) is 4.79 Å². The number of hydrogen-bond acceptors (Lipinski definition) is 2. The van der Waals surface area contributed by atoms with E-state index in [0.717, 1.165) is 0 Å². The van der Waals surface area contributed by atoms with Gasteiger partial charge in [0.25, 0.3) is 0 Å². The van der Waals surface area contributed by atoms with Gasteiger partial charge in [-0.2, -0.15) is 0 Å². The molecule has 0 rings (SSSR count). The first-order valence-corrected chi connectivity index (χ1v) is 4.48. The molecule has 0 heterocycles. The standard InChI is InChI=1S/C8H12Cl2O2/c1-4-12-8(11)6(5(2)3)7(9)10/h5H,4H2,1-3H3. The van der Waals surface area contributed by atoms with Crippen LogP contribution in [0.25, 0.3) is 0 Å². The Balaban J connectivity index is 4.55. The second-order valence-electron chi connectivity index (χ2n) is 2.55. The average Bonchev–Trinajstić information content (AvgIpc) is 1.85. The topological polar surface area (TPSA) is 26.3 Å². The first-order valence-electron chi connectivity index (χ1n) is 3.73. The van der Waals surface area contributed by atoms with E-state index in [4.69, 9.17) is 27.9 Å². The summed E-state index contributed by atoms with van der Waals surface area (Å²) in [5.74, 6) is -0.457. The number of carbonyl (C=O) groups excluding carboxylic acids is 1. The van der Waals surface area contributed by atoms with E-state index in [0.29, 0.717) is 12.2 Å². The van der Waals surface area contributed by atoms with Crippen molar-refractivity contribution in [3.63, 3.8) is 0 Å². The Hall–Kier alpha value is -0.210. The monoisotopic (exact) mass is 210 g/mol. The van der Waals surface area contributed by atoms with Crippen molar-refractivity contribution < 1.29 is 9.53 Å². The molecule has 0 aliphatic rings. The Kier molecular flexibility index (Phi) is 5.34. The van der Waals surface area contributed by atoms with Crippen LogP contribution in [0.5, 0.6) is 0 Å². The first kappa shape index (κ1) is 11.8. The normalized spacial score (nSPS) is 9.83. The number of carbonyl (C=O) groups is 1. The van der Waals surface area contributed by atoms with Crippen molar-refractivity contribution in [2.24, 2.45) is 5.92 Å². The highest BCUT2D eigenvalue weighted by Crippen LogP contribution is 2.22. The SMILES string of the molecule is CCOC(=O)C(=C(Cl)Cl)C(C)C. The van der Waals surface area contributed by atoms with Crippen LogP contribution in [0.3, 0.4) is 0 Å². The molecule has 0 saturated carbocycles. The first-order chi connectivity index (χ1) is 5.50. The second kappa shape index (κ2) is 5.44. The van der Waals surface area contributed by atoms with E-state index in [-0.39, 0.29) is 10.4 Å². The molecule has 0 N–H and O–H groups in total. The van der Waals surface area contributed by atoms with E-state index < -0.39 is 5.97 Å². The van der Waals surface area contributed by atoms with Gasteiger partial charge >= 0.3 is 5.97 Å². The lowest BCUT2D eigenvalue weighted by Gasteiger charge is -2.09. The Morgan fingerprint density at radius 2 is 1.92 bits per heavy atom. The van der Waals surface area contributed by atoms with Gasteiger partial charge in [0, 0.05) is 0 Å². The molecule has 0 aliphatic heterocycles. The molecule has 0 unspecified atom stereocenters. The minimum Gasteiger partial charge on any atom is -0.463 e. The lowest BCUT2D eigenvalue weighted by atomic mass is 10.1. The number of rotatable bonds is 3. The van der Waals surface area contributed by atoms with Gasteiger partial charge in [-0.25, -0.2) is 4.79 Å². The molecule has 0 aromatic rings. The molecule has 4 heteroatoms. The van der Waals surface area contributed by atoms with E-state index in [1.807, 2.05) is 13.8 Å². The molecular formula is C8H12Cl2O2. The number of halogens is 2. The zero-order valence-electron chi connectivity index (χ0n) is 7.36. The summed E-state index contributed by atoms with van der Waals surface area (Å²) in [5, 5.41) is 0. The lowest BCUT2D eigenvalue weighted by Crippen LogP contribution is -2.12. The maximum atomic E-state index is 11.2. The summed E-state index contributed by atoms with van der Waals surface area (Å²) in [5.41, 5.74) is 0.334. The molecule has 0 aliphatic carbocycles. The molecule has 12 heavy (non-hydrogen) atoms. The van der Waals surface area contributed by atoms with Crippen LogP contribution in [0.2, 0.25) is 0 Å². The number of ether oxygens (including phenoxy) is 1. The molecule has 0 atom stereocenters. The molecule has 0 aromatic heterocycles. The molecule has 2 nitrogen and oxygen atoms in total. The summed E-state index contributed by atoms with van der Waals surface area (Å²) in [6.07, 6.45) is 0. The van der Waals surface area contributed by atoms with Crippen LogP contribution in [0, 0.1) is 5.92 Å². The van der Waals surface area contributed by atoms with E-state index in [2.05, 4.69) is 0 Å². The molecule has 0 bridgehead atoms. The fourth-order valence-corrected chi connectivity index (χ4v) is 1.33. The minimum absolute atomic E-state index is 0.0107.